The fourth-order valence-corrected chi connectivity index (χ4v) is 1.82. The second-order valence-electron chi connectivity index (χ2n) is 3.72. The number of nitrogens with zero attached hydrogens (tertiary/aromatic N) is 5. The Hall–Kier alpha value is -2.17. The van der Waals surface area contributed by atoms with Crippen LogP contribution < -0.4 is 0 Å². The number of fused-ring (bicyclic) bond motifs is 1. The lowest BCUT2D eigenvalue weighted by Gasteiger charge is -2.02. The Balaban J connectivity index is 2.36. The van der Waals surface area contributed by atoms with Crippen LogP contribution >= 0.6 is 0 Å². The van der Waals surface area contributed by atoms with Crippen LogP contribution in [0.5, 0.6) is 0 Å². The number of aromatic nitrogens is 5. The minimum atomic E-state index is 0.853. The highest BCUT2D eigenvalue weighted by molar-refractivity contribution is 5.75. The number of aryl methyl sites for hydroxylation is 2. The number of rotatable bonds is 1. The molecule has 0 aliphatic rings. The molecule has 2 heterocycles. The Kier molecular flexibility index (Phi) is 1.80. The molecular weight excluding hydrogens is 202 g/mol. The SMILES string of the molecule is Cc1nn(-c2ccccc2)c2c1nnn2C. The van der Waals surface area contributed by atoms with E-state index in [4.69, 9.17) is 0 Å². The molecule has 1 aromatic carbocycles. The summed E-state index contributed by atoms with van der Waals surface area (Å²) in [7, 11) is 1.87. The first-order valence-corrected chi connectivity index (χ1v) is 5.08. The summed E-state index contributed by atoms with van der Waals surface area (Å²) >= 11 is 0. The Morgan fingerprint density at radius 1 is 1.12 bits per heavy atom. The van der Waals surface area contributed by atoms with Gasteiger partial charge in [0.1, 0.15) is 0 Å². The van der Waals surface area contributed by atoms with Crippen molar-refractivity contribution in [2.75, 3.05) is 0 Å². The highest BCUT2D eigenvalue weighted by atomic mass is 15.5. The van der Waals surface area contributed by atoms with E-state index in [0.717, 1.165) is 22.5 Å². The van der Waals surface area contributed by atoms with Crippen molar-refractivity contribution in [3.05, 3.63) is 36.0 Å². The van der Waals surface area contributed by atoms with Crippen LogP contribution in [0.2, 0.25) is 0 Å². The molecule has 0 aliphatic carbocycles. The van der Waals surface area contributed by atoms with Gasteiger partial charge in [0.2, 0.25) is 0 Å². The summed E-state index contributed by atoms with van der Waals surface area (Å²) < 4.78 is 3.60. The van der Waals surface area contributed by atoms with E-state index in [0.29, 0.717) is 0 Å². The van der Waals surface area contributed by atoms with Gasteiger partial charge in [-0.1, -0.05) is 23.4 Å². The predicted molar refractivity (Wildman–Crippen MR) is 60.4 cm³/mol. The summed E-state index contributed by atoms with van der Waals surface area (Å²) in [5, 5.41) is 12.6. The van der Waals surface area contributed by atoms with Crippen LogP contribution in [-0.4, -0.2) is 24.8 Å². The van der Waals surface area contributed by atoms with Crippen molar-refractivity contribution in [1.82, 2.24) is 24.8 Å². The zero-order valence-corrected chi connectivity index (χ0v) is 9.12. The van der Waals surface area contributed by atoms with Crippen LogP contribution in [0.4, 0.5) is 0 Å². The molecule has 80 valence electrons. The van der Waals surface area contributed by atoms with E-state index in [1.165, 1.54) is 0 Å². The minimum absolute atomic E-state index is 0.853. The number of hydrogen-bond acceptors (Lipinski definition) is 3. The lowest BCUT2D eigenvalue weighted by molar-refractivity contribution is 0.703. The summed E-state index contributed by atoms with van der Waals surface area (Å²) in [6.07, 6.45) is 0. The number of hydrogen-bond donors (Lipinski definition) is 0. The number of benzene rings is 1. The molecule has 5 heteroatoms. The smallest absolute Gasteiger partial charge is 0.182 e. The Bertz CT molecular complexity index is 635. The first kappa shape index (κ1) is 9.08. The first-order chi connectivity index (χ1) is 7.77. The first-order valence-electron chi connectivity index (χ1n) is 5.08. The van der Waals surface area contributed by atoms with Crippen molar-refractivity contribution < 1.29 is 0 Å². The van der Waals surface area contributed by atoms with Gasteiger partial charge in [0.05, 0.1) is 11.4 Å². The third kappa shape index (κ3) is 1.14. The van der Waals surface area contributed by atoms with Gasteiger partial charge in [-0.05, 0) is 19.1 Å². The quantitative estimate of drug-likeness (QED) is 0.615. The average Bonchev–Trinajstić information content (AvgIpc) is 2.83. The van der Waals surface area contributed by atoms with E-state index in [-0.39, 0.29) is 0 Å². The summed E-state index contributed by atoms with van der Waals surface area (Å²) in [6, 6.07) is 9.99. The van der Waals surface area contributed by atoms with Crippen LogP contribution in [0.25, 0.3) is 16.9 Å². The van der Waals surface area contributed by atoms with Gasteiger partial charge in [-0.2, -0.15) is 5.10 Å². The normalized spacial score (nSPS) is 11.1. The molecule has 0 unspecified atom stereocenters. The second kappa shape index (κ2) is 3.16. The van der Waals surface area contributed by atoms with Crippen molar-refractivity contribution in [2.24, 2.45) is 7.05 Å². The average molecular weight is 213 g/mol. The fraction of sp³-hybridized carbons (Fsp3) is 0.182. The van der Waals surface area contributed by atoms with Crippen molar-refractivity contribution >= 4 is 11.2 Å². The zero-order chi connectivity index (χ0) is 11.1. The van der Waals surface area contributed by atoms with E-state index in [9.17, 15) is 0 Å². The summed E-state index contributed by atoms with van der Waals surface area (Å²) in [4.78, 5) is 0. The molecule has 3 aromatic rings. The van der Waals surface area contributed by atoms with Gasteiger partial charge < -0.3 is 0 Å². The molecule has 16 heavy (non-hydrogen) atoms. The third-order valence-electron chi connectivity index (χ3n) is 2.59. The van der Waals surface area contributed by atoms with Gasteiger partial charge in [0, 0.05) is 7.05 Å². The third-order valence-corrected chi connectivity index (χ3v) is 2.59. The molecule has 2 aromatic heterocycles. The van der Waals surface area contributed by atoms with Crippen LogP contribution in [0, 0.1) is 6.92 Å². The molecule has 0 N–H and O–H groups in total. The monoisotopic (exact) mass is 213 g/mol. The molecular formula is C11H11N5. The van der Waals surface area contributed by atoms with Gasteiger partial charge in [0.15, 0.2) is 11.2 Å². The Morgan fingerprint density at radius 2 is 1.88 bits per heavy atom. The number of para-hydroxylation sites is 1. The van der Waals surface area contributed by atoms with E-state index in [1.54, 1.807) is 4.68 Å². The molecule has 0 spiro atoms. The summed E-state index contributed by atoms with van der Waals surface area (Å²) in [5.41, 5.74) is 3.69. The van der Waals surface area contributed by atoms with Crippen LogP contribution in [-0.2, 0) is 7.05 Å². The van der Waals surface area contributed by atoms with Gasteiger partial charge in [-0.3, -0.25) is 0 Å². The standard InChI is InChI=1S/C11H11N5/c1-8-10-11(15(2)14-12-10)16(13-8)9-6-4-3-5-7-9/h3-7H,1-2H3. The molecule has 3 rings (SSSR count). The topological polar surface area (TPSA) is 48.5 Å². The van der Waals surface area contributed by atoms with Crippen LogP contribution in [0.15, 0.2) is 30.3 Å². The zero-order valence-electron chi connectivity index (χ0n) is 9.12. The summed E-state index contributed by atoms with van der Waals surface area (Å²) in [6.45, 7) is 1.94. The van der Waals surface area contributed by atoms with Crippen molar-refractivity contribution in [3.63, 3.8) is 0 Å². The molecule has 0 fully saturated rings. The molecule has 0 amide bonds. The minimum Gasteiger partial charge on any atom is -0.230 e. The lowest BCUT2D eigenvalue weighted by atomic mass is 10.3. The van der Waals surface area contributed by atoms with Gasteiger partial charge in [0.25, 0.3) is 0 Å². The highest BCUT2D eigenvalue weighted by Crippen LogP contribution is 2.18. The molecule has 5 nitrogen and oxygen atoms in total. The lowest BCUT2D eigenvalue weighted by Crippen LogP contribution is -2.02. The van der Waals surface area contributed by atoms with E-state index in [2.05, 4.69) is 15.4 Å². The fourth-order valence-electron chi connectivity index (χ4n) is 1.82. The Morgan fingerprint density at radius 3 is 2.62 bits per heavy atom. The molecule has 0 bridgehead atoms. The highest BCUT2D eigenvalue weighted by Gasteiger charge is 2.13. The van der Waals surface area contributed by atoms with Crippen molar-refractivity contribution in [3.8, 4) is 5.69 Å². The molecule has 0 saturated heterocycles. The van der Waals surface area contributed by atoms with Gasteiger partial charge in [-0.15, -0.1) is 5.10 Å². The maximum absolute atomic E-state index is 4.47. The molecule has 0 atom stereocenters. The predicted octanol–water partition coefficient (Wildman–Crippen LogP) is 1.46. The maximum Gasteiger partial charge on any atom is 0.182 e. The molecule has 0 saturated carbocycles. The van der Waals surface area contributed by atoms with E-state index >= 15 is 0 Å². The van der Waals surface area contributed by atoms with Crippen molar-refractivity contribution in [2.45, 2.75) is 6.92 Å². The summed E-state index contributed by atoms with van der Waals surface area (Å²) in [5.74, 6) is 0. The van der Waals surface area contributed by atoms with Crippen molar-refractivity contribution in [1.29, 1.82) is 0 Å². The van der Waals surface area contributed by atoms with Crippen LogP contribution in [0.1, 0.15) is 5.69 Å². The largest absolute Gasteiger partial charge is 0.230 e. The maximum atomic E-state index is 4.47. The second-order valence-corrected chi connectivity index (χ2v) is 3.72. The van der Waals surface area contributed by atoms with E-state index in [1.807, 2.05) is 49.0 Å². The van der Waals surface area contributed by atoms with Gasteiger partial charge >= 0.3 is 0 Å². The van der Waals surface area contributed by atoms with Gasteiger partial charge in [-0.25, -0.2) is 9.36 Å². The van der Waals surface area contributed by atoms with E-state index < -0.39 is 0 Å². The molecule has 0 radical (unpaired) electrons. The van der Waals surface area contributed by atoms with Crippen LogP contribution in [0.3, 0.4) is 0 Å². The Labute approximate surface area is 92.3 Å². The molecule has 0 aliphatic heterocycles.